The van der Waals surface area contributed by atoms with Crippen LogP contribution in [0.5, 0.6) is 0 Å². The number of guanidine groups is 1. The predicted molar refractivity (Wildman–Crippen MR) is 114 cm³/mol. The zero-order valence-corrected chi connectivity index (χ0v) is 16.7. The number of fused-ring (bicyclic) bond motifs is 1. The molecular weight excluding hydrogens is 431 g/mol. The fourth-order valence-electron chi connectivity index (χ4n) is 2.60. The maximum atomic E-state index is 5.90. The SMILES string of the molecule is I.NC(=NCCCn1ccc2ccccc21)NCCc1cccs1. The Morgan fingerprint density at radius 1 is 1.17 bits per heavy atom. The van der Waals surface area contributed by atoms with Gasteiger partial charge < -0.3 is 15.6 Å². The van der Waals surface area contributed by atoms with Gasteiger partial charge in [-0.15, -0.1) is 35.3 Å². The summed E-state index contributed by atoms with van der Waals surface area (Å²) in [6.07, 6.45) is 4.10. The first-order chi connectivity index (χ1) is 11.3. The topological polar surface area (TPSA) is 55.3 Å². The Labute approximate surface area is 163 Å². The van der Waals surface area contributed by atoms with E-state index in [9.17, 15) is 0 Å². The van der Waals surface area contributed by atoms with Gasteiger partial charge in [-0.05, 0) is 41.8 Å². The standard InChI is InChI=1S/C18H22N4S.HI/c19-18(21-11-8-16-6-3-14-23-16)20-10-4-12-22-13-9-15-5-1-2-7-17(15)22;/h1-3,5-7,9,13-14H,4,8,10-12H2,(H3,19,20,21);1H. The summed E-state index contributed by atoms with van der Waals surface area (Å²) in [4.78, 5) is 5.76. The normalized spacial score (nSPS) is 11.4. The molecule has 0 unspecified atom stereocenters. The van der Waals surface area contributed by atoms with E-state index in [1.807, 2.05) is 0 Å². The van der Waals surface area contributed by atoms with Gasteiger partial charge in [0, 0.05) is 36.2 Å². The highest BCUT2D eigenvalue weighted by atomic mass is 127. The van der Waals surface area contributed by atoms with Crippen molar-refractivity contribution < 1.29 is 0 Å². The molecule has 0 fully saturated rings. The second-order valence-corrected chi connectivity index (χ2v) is 6.48. The molecule has 3 N–H and O–H groups in total. The molecule has 0 aliphatic carbocycles. The number of hydrogen-bond acceptors (Lipinski definition) is 2. The van der Waals surface area contributed by atoms with Gasteiger partial charge in [0.15, 0.2) is 5.96 Å². The Morgan fingerprint density at radius 3 is 2.88 bits per heavy atom. The maximum absolute atomic E-state index is 5.90. The molecule has 0 amide bonds. The molecule has 0 bridgehead atoms. The van der Waals surface area contributed by atoms with E-state index in [-0.39, 0.29) is 24.0 Å². The van der Waals surface area contributed by atoms with E-state index in [0.717, 1.165) is 32.5 Å². The van der Waals surface area contributed by atoms with Crippen LogP contribution >= 0.6 is 35.3 Å². The second kappa shape index (κ2) is 9.68. The number of thiophene rings is 1. The Bertz CT molecular complexity index is 764. The molecule has 0 aliphatic heterocycles. The quantitative estimate of drug-likeness (QED) is 0.247. The first kappa shape index (κ1) is 18.8. The van der Waals surface area contributed by atoms with Crippen molar-refractivity contribution in [2.75, 3.05) is 13.1 Å². The van der Waals surface area contributed by atoms with Gasteiger partial charge >= 0.3 is 0 Å². The summed E-state index contributed by atoms with van der Waals surface area (Å²) in [5.74, 6) is 0.541. The van der Waals surface area contributed by atoms with E-state index in [0.29, 0.717) is 5.96 Å². The Morgan fingerprint density at radius 2 is 2.04 bits per heavy atom. The first-order valence-electron chi connectivity index (χ1n) is 7.93. The minimum Gasteiger partial charge on any atom is -0.370 e. The van der Waals surface area contributed by atoms with Crippen LogP contribution in [0, 0.1) is 0 Å². The molecule has 3 rings (SSSR count). The first-order valence-corrected chi connectivity index (χ1v) is 8.81. The third-order valence-corrected chi connectivity index (χ3v) is 4.71. The molecule has 24 heavy (non-hydrogen) atoms. The fourth-order valence-corrected chi connectivity index (χ4v) is 3.31. The van der Waals surface area contributed by atoms with E-state index in [1.165, 1.54) is 15.8 Å². The van der Waals surface area contributed by atoms with Crippen molar-refractivity contribution in [2.45, 2.75) is 19.4 Å². The highest BCUT2D eigenvalue weighted by molar-refractivity contribution is 14.0. The van der Waals surface area contributed by atoms with E-state index in [4.69, 9.17) is 5.73 Å². The lowest BCUT2D eigenvalue weighted by atomic mass is 10.2. The molecule has 0 saturated carbocycles. The summed E-state index contributed by atoms with van der Waals surface area (Å²) in [6.45, 7) is 2.53. The summed E-state index contributed by atoms with van der Waals surface area (Å²) in [5, 5.41) is 6.55. The number of aryl methyl sites for hydroxylation is 1. The van der Waals surface area contributed by atoms with Crippen LogP contribution in [0.25, 0.3) is 10.9 Å². The fraction of sp³-hybridized carbons (Fsp3) is 0.278. The molecule has 0 radical (unpaired) electrons. The molecule has 2 heterocycles. The third kappa shape index (κ3) is 5.24. The van der Waals surface area contributed by atoms with Crippen LogP contribution in [0.15, 0.2) is 59.0 Å². The highest BCUT2D eigenvalue weighted by Crippen LogP contribution is 2.15. The monoisotopic (exact) mass is 454 g/mol. The number of rotatable bonds is 7. The van der Waals surface area contributed by atoms with Crippen LogP contribution in [0.2, 0.25) is 0 Å². The van der Waals surface area contributed by atoms with E-state index >= 15 is 0 Å². The van der Waals surface area contributed by atoms with E-state index < -0.39 is 0 Å². The van der Waals surface area contributed by atoms with Gasteiger partial charge in [-0.1, -0.05) is 24.3 Å². The molecule has 4 nitrogen and oxygen atoms in total. The zero-order chi connectivity index (χ0) is 15.9. The molecule has 0 saturated heterocycles. The van der Waals surface area contributed by atoms with Crippen molar-refractivity contribution in [3.05, 3.63) is 58.9 Å². The summed E-state index contributed by atoms with van der Waals surface area (Å²) < 4.78 is 2.27. The average molecular weight is 454 g/mol. The van der Waals surface area contributed by atoms with Crippen LogP contribution in [-0.4, -0.2) is 23.6 Å². The number of aliphatic imine (C=N–C) groups is 1. The molecule has 128 valence electrons. The van der Waals surface area contributed by atoms with Crippen LogP contribution in [0.4, 0.5) is 0 Å². The van der Waals surface area contributed by atoms with Crippen LogP contribution in [0.3, 0.4) is 0 Å². The molecule has 0 aliphatic rings. The molecule has 0 spiro atoms. The summed E-state index contributed by atoms with van der Waals surface area (Å²) in [5.41, 5.74) is 7.18. The molecular formula is C18H23IN4S. The Kier molecular flexibility index (Phi) is 7.58. The highest BCUT2D eigenvalue weighted by Gasteiger charge is 1.99. The number of halogens is 1. The van der Waals surface area contributed by atoms with Crippen LogP contribution in [-0.2, 0) is 13.0 Å². The van der Waals surface area contributed by atoms with Crippen LogP contribution in [0.1, 0.15) is 11.3 Å². The van der Waals surface area contributed by atoms with Gasteiger partial charge in [-0.25, -0.2) is 0 Å². The Hall–Kier alpha value is -1.54. The number of nitrogens with two attached hydrogens (primary N) is 1. The van der Waals surface area contributed by atoms with E-state index in [2.05, 4.69) is 68.9 Å². The molecule has 1 aromatic carbocycles. The van der Waals surface area contributed by atoms with Gasteiger partial charge in [-0.2, -0.15) is 0 Å². The number of benzene rings is 1. The van der Waals surface area contributed by atoms with Gasteiger partial charge in [0.1, 0.15) is 0 Å². The number of hydrogen-bond donors (Lipinski definition) is 2. The Balaban J connectivity index is 0.00000208. The zero-order valence-electron chi connectivity index (χ0n) is 13.5. The molecule has 0 atom stereocenters. The lowest BCUT2D eigenvalue weighted by Gasteiger charge is -2.06. The lowest BCUT2D eigenvalue weighted by molar-refractivity contribution is 0.669. The number of nitrogens with zero attached hydrogens (tertiary/aromatic N) is 2. The predicted octanol–water partition coefficient (Wildman–Crippen LogP) is 3.86. The maximum Gasteiger partial charge on any atom is 0.188 e. The van der Waals surface area contributed by atoms with Crippen molar-refractivity contribution in [3.63, 3.8) is 0 Å². The van der Waals surface area contributed by atoms with Gasteiger partial charge in [-0.3, -0.25) is 4.99 Å². The van der Waals surface area contributed by atoms with Crippen molar-refractivity contribution >= 4 is 52.2 Å². The van der Waals surface area contributed by atoms with Crippen molar-refractivity contribution in [1.82, 2.24) is 9.88 Å². The molecule has 2 aromatic heterocycles. The van der Waals surface area contributed by atoms with Gasteiger partial charge in [0.05, 0.1) is 0 Å². The summed E-state index contributed by atoms with van der Waals surface area (Å²) in [6, 6.07) is 14.8. The van der Waals surface area contributed by atoms with Crippen molar-refractivity contribution in [2.24, 2.45) is 10.7 Å². The second-order valence-electron chi connectivity index (χ2n) is 5.44. The molecule has 6 heteroatoms. The number of aromatic nitrogens is 1. The van der Waals surface area contributed by atoms with E-state index in [1.54, 1.807) is 11.3 Å². The molecule has 3 aromatic rings. The van der Waals surface area contributed by atoms with Gasteiger partial charge in [0.2, 0.25) is 0 Å². The largest absolute Gasteiger partial charge is 0.370 e. The average Bonchev–Trinajstić information content (AvgIpc) is 3.21. The number of para-hydroxylation sites is 1. The van der Waals surface area contributed by atoms with Crippen molar-refractivity contribution in [3.8, 4) is 0 Å². The summed E-state index contributed by atoms with van der Waals surface area (Å²) in [7, 11) is 0. The minimum atomic E-state index is 0. The lowest BCUT2D eigenvalue weighted by Crippen LogP contribution is -2.33. The minimum absolute atomic E-state index is 0. The smallest absolute Gasteiger partial charge is 0.188 e. The van der Waals surface area contributed by atoms with Crippen molar-refractivity contribution in [1.29, 1.82) is 0 Å². The number of nitrogens with one attached hydrogen (secondary N) is 1. The third-order valence-electron chi connectivity index (χ3n) is 3.78. The van der Waals surface area contributed by atoms with Crippen LogP contribution < -0.4 is 11.1 Å². The van der Waals surface area contributed by atoms with Gasteiger partial charge in [0.25, 0.3) is 0 Å². The summed E-state index contributed by atoms with van der Waals surface area (Å²) >= 11 is 1.77.